The van der Waals surface area contributed by atoms with Crippen molar-refractivity contribution in [3.05, 3.63) is 59.1 Å². The maximum Gasteiger partial charge on any atom is 0.246 e. The van der Waals surface area contributed by atoms with Gasteiger partial charge in [-0.2, -0.15) is 4.80 Å². The average molecular weight is 358 g/mol. The van der Waals surface area contributed by atoms with Crippen LogP contribution < -0.4 is 0 Å². The summed E-state index contributed by atoms with van der Waals surface area (Å²) >= 11 is 5.86. The molecule has 3 rings (SSSR count). The lowest BCUT2D eigenvalue weighted by molar-refractivity contribution is -0.131. The number of carbonyl (C=O) groups is 1. The second-order valence-electron chi connectivity index (χ2n) is 5.57. The standard InChI is InChI=1S/C17H16ClN5O2/c1-22(10-12-2-8-15(24)9-3-12)16(25)11-23-20-17(19-21-23)13-4-6-14(18)7-5-13/h2-9,24H,10-11H2,1H3. The SMILES string of the molecule is CN(Cc1ccc(O)cc1)C(=O)Cn1nnc(-c2ccc(Cl)cc2)n1. The van der Waals surface area contributed by atoms with Crippen molar-refractivity contribution in [1.29, 1.82) is 0 Å². The molecule has 1 N–H and O–H groups in total. The molecular weight excluding hydrogens is 342 g/mol. The minimum absolute atomic E-state index is 0.00479. The van der Waals surface area contributed by atoms with Crippen LogP contribution in [0.15, 0.2) is 48.5 Å². The number of hydrogen-bond donors (Lipinski definition) is 1. The summed E-state index contributed by atoms with van der Waals surface area (Å²) in [6.07, 6.45) is 0. The molecule has 1 amide bonds. The number of carbonyl (C=O) groups excluding carboxylic acids is 1. The number of benzene rings is 2. The Labute approximate surface area is 149 Å². The number of tetrazole rings is 1. The molecule has 0 saturated carbocycles. The van der Waals surface area contributed by atoms with Crippen molar-refractivity contribution >= 4 is 17.5 Å². The Kier molecular flexibility index (Phi) is 4.95. The summed E-state index contributed by atoms with van der Waals surface area (Å²) in [5, 5.41) is 22.0. The largest absolute Gasteiger partial charge is 0.508 e. The number of aromatic hydroxyl groups is 1. The van der Waals surface area contributed by atoms with Crippen molar-refractivity contribution in [2.45, 2.75) is 13.1 Å². The molecule has 1 heterocycles. The number of likely N-dealkylation sites (N-methyl/N-ethyl adjacent to an activating group) is 1. The molecule has 25 heavy (non-hydrogen) atoms. The highest BCUT2D eigenvalue weighted by molar-refractivity contribution is 6.30. The number of halogens is 1. The fourth-order valence-corrected chi connectivity index (χ4v) is 2.36. The lowest BCUT2D eigenvalue weighted by atomic mass is 10.2. The fourth-order valence-electron chi connectivity index (χ4n) is 2.23. The zero-order valence-corrected chi connectivity index (χ0v) is 14.3. The third-order valence-corrected chi connectivity index (χ3v) is 3.87. The van der Waals surface area contributed by atoms with E-state index in [0.717, 1.165) is 11.1 Å². The van der Waals surface area contributed by atoms with E-state index in [1.54, 1.807) is 60.5 Å². The fraction of sp³-hybridized carbons (Fsp3) is 0.176. The summed E-state index contributed by atoms with van der Waals surface area (Å²) in [6, 6.07) is 13.8. The number of hydrogen-bond acceptors (Lipinski definition) is 5. The van der Waals surface area contributed by atoms with Crippen LogP contribution in [-0.2, 0) is 17.9 Å². The van der Waals surface area contributed by atoms with Gasteiger partial charge in [-0.3, -0.25) is 4.79 Å². The highest BCUT2D eigenvalue weighted by Crippen LogP contribution is 2.17. The minimum atomic E-state index is -0.145. The number of amides is 1. The smallest absolute Gasteiger partial charge is 0.246 e. The first-order valence-corrected chi connectivity index (χ1v) is 7.95. The molecule has 0 unspecified atom stereocenters. The summed E-state index contributed by atoms with van der Waals surface area (Å²) in [5.74, 6) is 0.484. The highest BCUT2D eigenvalue weighted by Gasteiger charge is 2.13. The Morgan fingerprint density at radius 2 is 1.84 bits per heavy atom. The first-order valence-electron chi connectivity index (χ1n) is 7.57. The Morgan fingerprint density at radius 1 is 1.16 bits per heavy atom. The maximum absolute atomic E-state index is 12.3. The molecule has 7 nitrogen and oxygen atoms in total. The van der Waals surface area contributed by atoms with E-state index < -0.39 is 0 Å². The number of phenols is 1. The number of aromatic nitrogens is 4. The molecule has 2 aromatic carbocycles. The van der Waals surface area contributed by atoms with E-state index in [-0.39, 0.29) is 18.2 Å². The van der Waals surface area contributed by atoms with Crippen molar-refractivity contribution in [2.75, 3.05) is 7.05 Å². The third kappa shape index (κ3) is 4.33. The lowest BCUT2D eigenvalue weighted by Crippen LogP contribution is -2.30. The first kappa shape index (κ1) is 16.9. The van der Waals surface area contributed by atoms with Gasteiger partial charge in [-0.1, -0.05) is 23.7 Å². The Bertz CT molecular complexity index is 862. The monoisotopic (exact) mass is 357 g/mol. The minimum Gasteiger partial charge on any atom is -0.508 e. The van der Waals surface area contributed by atoms with Gasteiger partial charge in [0.2, 0.25) is 11.7 Å². The van der Waals surface area contributed by atoms with E-state index in [0.29, 0.717) is 17.4 Å². The quantitative estimate of drug-likeness (QED) is 0.757. The van der Waals surface area contributed by atoms with Crippen LogP contribution >= 0.6 is 11.6 Å². The van der Waals surface area contributed by atoms with Gasteiger partial charge in [-0.05, 0) is 47.2 Å². The average Bonchev–Trinajstić information content (AvgIpc) is 3.06. The molecule has 0 spiro atoms. The predicted molar refractivity (Wildman–Crippen MR) is 92.8 cm³/mol. The van der Waals surface area contributed by atoms with Crippen LogP contribution in [0.1, 0.15) is 5.56 Å². The van der Waals surface area contributed by atoms with Gasteiger partial charge in [0.15, 0.2) is 0 Å². The zero-order chi connectivity index (χ0) is 17.8. The molecule has 0 radical (unpaired) electrons. The van der Waals surface area contributed by atoms with Gasteiger partial charge in [0.05, 0.1) is 0 Å². The van der Waals surface area contributed by atoms with Crippen LogP contribution in [0.4, 0.5) is 0 Å². The summed E-state index contributed by atoms with van der Waals surface area (Å²) in [4.78, 5) is 15.1. The van der Waals surface area contributed by atoms with Gasteiger partial charge in [-0.15, -0.1) is 10.2 Å². The molecule has 3 aromatic rings. The Morgan fingerprint density at radius 3 is 2.52 bits per heavy atom. The van der Waals surface area contributed by atoms with E-state index in [4.69, 9.17) is 11.6 Å². The zero-order valence-electron chi connectivity index (χ0n) is 13.5. The van der Waals surface area contributed by atoms with Gasteiger partial charge in [0.1, 0.15) is 12.3 Å². The second-order valence-corrected chi connectivity index (χ2v) is 6.00. The molecule has 0 saturated heterocycles. The van der Waals surface area contributed by atoms with Gasteiger partial charge >= 0.3 is 0 Å². The van der Waals surface area contributed by atoms with Crippen molar-refractivity contribution < 1.29 is 9.90 Å². The van der Waals surface area contributed by atoms with Crippen LogP contribution in [0.3, 0.4) is 0 Å². The summed E-state index contributed by atoms with van der Waals surface area (Å²) in [7, 11) is 1.70. The van der Waals surface area contributed by atoms with Crippen molar-refractivity contribution in [3.8, 4) is 17.1 Å². The van der Waals surface area contributed by atoms with Gasteiger partial charge in [0.25, 0.3) is 0 Å². The van der Waals surface area contributed by atoms with Crippen LogP contribution in [0, 0.1) is 0 Å². The molecule has 0 atom stereocenters. The van der Waals surface area contributed by atoms with Crippen LogP contribution in [0.25, 0.3) is 11.4 Å². The van der Waals surface area contributed by atoms with E-state index in [2.05, 4.69) is 15.4 Å². The van der Waals surface area contributed by atoms with Gasteiger partial charge in [0, 0.05) is 24.2 Å². The van der Waals surface area contributed by atoms with E-state index in [1.165, 1.54) is 4.80 Å². The molecule has 8 heteroatoms. The van der Waals surface area contributed by atoms with Crippen molar-refractivity contribution in [2.24, 2.45) is 0 Å². The van der Waals surface area contributed by atoms with Gasteiger partial charge in [-0.25, -0.2) is 0 Å². The maximum atomic E-state index is 12.3. The van der Waals surface area contributed by atoms with Crippen LogP contribution in [0.5, 0.6) is 5.75 Å². The molecule has 0 aliphatic carbocycles. The topological polar surface area (TPSA) is 84.1 Å². The molecule has 0 fully saturated rings. The highest BCUT2D eigenvalue weighted by atomic mass is 35.5. The third-order valence-electron chi connectivity index (χ3n) is 3.61. The summed E-state index contributed by atoms with van der Waals surface area (Å²) in [6.45, 7) is 0.424. The van der Waals surface area contributed by atoms with Crippen molar-refractivity contribution in [1.82, 2.24) is 25.1 Å². The molecule has 1 aromatic heterocycles. The number of phenolic OH excluding ortho intramolecular Hbond substituents is 1. The van der Waals surface area contributed by atoms with Crippen molar-refractivity contribution in [3.63, 3.8) is 0 Å². The summed E-state index contributed by atoms with van der Waals surface area (Å²) in [5.41, 5.74) is 1.70. The first-order chi connectivity index (χ1) is 12.0. The normalized spacial score (nSPS) is 10.6. The lowest BCUT2D eigenvalue weighted by Gasteiger charge is -2.16. The number of nitrogens with zero attached hydrogens (tertiary/aromatic N) is 5. The number of rotatable bonds is 5. The molecule has 0 bridgehead atoms. The Hall–Kier alpha value is -2.93. The van der Waals surface area contributed by atoms with E-state index in [1.807, 2.05) is 0 Å². The van der Waals surface area contributed by atoms with Crippen LogP contribution in [0.2, 0.25) is 5.02 Å². The van der Waals surface area contributed by atoms with E-state index in [9.17, 15) is 9.90 Å². The van der Waals surface area contributed by atoms with E-state index >= 15 is 0 Å². The van der Waals surface area contributed by atoms with Crippen LogP contribution in [-0.4, -0.2) is 43.2 Å². The summed E-state index contributed by atoms with van der Waals surface area (Å²) < 4.78 is 0. The predicted octanol–water partition coefficient (Wildman–Crippen LogP) is 2.36. The Balaban J connectivity index is 1.62. The second kappa shape index (κ2) is 7.31. The molecule has 0 aliphatic heterocycles. The van der Waals surface area contributed by atoms with Gasteiger partial charge < -0.3 is 10.0 Å². The molecular formula is C17H16ClN5O2. The molecule has 128 valence electrons. The molecule has 0 aliphatic rings.